The minimum absolute atomic E-state index is 0.256. The second-order valence-electron chi connectivity index (χ2n) is 25.7. The molecule has 0 saturated carbocycles. The van der Waals surface area contributed by atoms with Crippen molar-refractivity contribution in [2.45, 2.75) is 344 Å². The molecule has 1 amide bonds. The third kappa shape index (κ3) is 45.6. The number of ether oxygens (including phenoxy) is 4. The van der Waals surface area contributed by atoms with E-state index in [1.165, 1.54) is 141 Å². The van der Waals surface area contributed by atoms with E-state index in [2.05, 4.69) is 141 Å². The molecule has 12 unspecified atom stereocenters. The first-order chi connectivity index (χ1) is 46.1. The molecular formula is C80H135NO13. The van der Waals surface area contributed by atoms with Gasteiger partial charge in [-0.15, -0.1) is 0 Å². The zero-order chi connectivity index (χ0) is 68.0. The number of rotatable bonds is 60. The maximum Gasteiger partial charge on any atom is 0.220 e. The molecule has 0 aromatic rings. The van der Waals surface area contributed by atoms with Crippen LogP contribution >= 0.6 is 0 Å². The van der Waals surface area contributed by atoms with Gasteiger partial charge in [-0.05, 0) is 109 Å². The topological polar surface area (TPSA) is 228 Å². The summed E-state index contributed by atoms with van der Waals surface area (Å²) in [6, 6.07) is -0.946. The van der Waals surface area contributed by atoms with Gasteiger partial charge in [0.2, 0.25) is 5.91 Å². The quantitative estimate of drug-likeness (QED) is 0.0204. The zero-order valence-corrected chi connectivity index (χ0v) is 58.7. The molecule has 94 heavy (non-hydrogen) atoms. The number of allylic oxidation sites excluding steroid dienone is 21. The van der Waals surface area contributed by atoms with Gasteiger partial charge in [0.15, 0.2) is 12.6 Å². The molecule has 2 fully saturated rings. The van der Waals surface area contributed by atoms with Crippen LogP contribution in [0.1, 0.15) is 271 Å². The van der Waals surface area contributed by atoms with E-state index in [9.17, 15) is 45.6 Å². The molecule has 0 spiro atoms. The summed E-state index contributed by atoms with van der Waals surface area (Å²) < 4.78 is 22.8. The second-order valence-corrected chi connectivity index (χ2v) is 25.7. The molecule has 0 aliphatic carbocycles. The Labute approximate surface area is 570 Å². The van der Waals surface area contributed by atoms with E-state index in [1.54, 1.807) is 6.08 Å². The highest BCUT2D eigenvalue weighted by atomic mass is 16.7. The average Bonchev–Trinajstić information content (AvgIpc) is 0.794. The predicted molar refractivity (Wildman–Crippen MR) is 387 cm³/mol. The van der Waals surface area contributed by atoms with Gasteiger partial charge in [0.05, 0.1) is 32.0 Å². The molecule has 0 bridgehead atoms. The van der Waals surface area contributed by atoms with E-state index in [0.717, 1.165) is 96.3 Å². The third-order valence-corrected chi connectivity index (χ3v) is 17.3. The van der Waals surface area contributed by atoms with E-state index in [0.29, 0.717) is 12.8 Å². The lowest BCUT2D eigenvalue weighted by atomic mass is 9.97. The van der Waals surface area contributed by atoms with Crippen LogP contribution in [0.25, 0.3) is 0 Å². The Morgan fingerprint density at radius 1 is 0.394 bits per heavy atom. The molecule has 2 aliphatic rings. The first kappa shape index (κ1) is 86.2. The first-order valence-electron chi connectivity index (χ1n) is 37.4. The van der Waals surface area contributed by atoms with E-state index >= 15 is 0 Å². The molecule has 9 N–H and O–H groups in total. The number of carbonyl (C=O) groups is 1. The lowest BCUT2D eigenvalue weighted by Crippen LogP contribution is -2.65. The Balaban J connectivity index is 1.61. The summed E-state index contributed by atoms with van der Waals surface area (Å²) in [6.45, 7) is 2.66. The van der Waals surface area contributed by atoms with Gasteiger partial charge >= 0.3 is 0 Å². The number of unbranched alkanes of at least 4 members (excludes halogenated alkanes) is 27. The molecule has 0 radical (unpaired) electrons. The molecule has 14 nitrogen and oxygen atoms in total. The molecule has 2 rings (SSSR count). The number of amides is 1. The Morgan fingerprint density at radius 2 is 0.745 bits per heavy atom. The highest BCUT2D eigenvalue weighted by Crippen LogP contribution is 2.30. The Morgan fingerprint density at radius 3 is 1.17 bits per heavy atom. The van der Waals surface area contributed by atoms with Gasteiger partial charge in [-0.1, -0.05) is 289 Å². The Bertz CT molecular complexity index is 2090. The summed E-state index contributed by atoms with van der Waals surface area (Å²) >= 11 is 0. The highest BCUT2D eigenvalue weighted by Gasteiger charge is 2.51. The van der Waals surface area contributed by atoms with Crippen LogP contribution in [-0.2, 0) is 23.7 Å². The minimum atomic E-state index is -1.80. The minimum Gasteiger partial charge on any atom is -0.394 e. The summed E-state index contributed by atoms with van der Waals surface area (Å²) in [5.74, 6) is -0.256. The van der Waals surface area contributed by atoms with Gasteiger partial charge in [-0.2, -0.15) is 0 Å². The van der Waals surface area contributed by atoms with Gasteiger partial charge in [-0.25, -0.2) is 0 Å². The van der Waals surface area contributed by atoms with Crippen molar-refractivity contribution in [3.05, 3.63) is 134 Å². The SMILES string of the molecule is CC/C=C\C/C=C\C/C=C\C/C=C\C/C=C\C/C=C\C/C=C\C/C=C\CCCCCCCCCCCCCCCCCCC(=O)NC(COC1OC(CO)C(OC2OC(CO)C(O)C(O)C2O)C(O)C1O)C(O)/C=C/CC/C=C/CC/C=C/CCCCCCCCCCC. The summed E-state index contributed by atoms with van der Waals surface area (Å²) in [7, 11) is 0. The van der Waals surface area contributed by atoms with Crippen LogP contribution in [0.3, 0.4) is 0 Å². The molecule has 2 aliphatic heterocycles. The van der Waals surface area contributed by atoms with E-state index < -0.39 is 86.8 Å². The summed E-state index contributed by atoms with van der Waals surface area (Å²) in [5.41, 5.74) is 0. The molecule has 14 heteroatoms. The molecule has 2 saturated heterocycles. The van der Waals surface area contributed by atoms with Crippen molar-refractivity contribution >= 4 is 5.91 Å². The van der Waals surface area contributed by atoms with Gasteiger partial charge in [-0.3, -0.25) is 4.79 Å². The maximum atomic E-state index is 13.3. The lowest BCUT2D eigenvalue weighted by Gasteiger charge is -2.46. The van der Waals surface area contributed by atoms with Crippen molar-refractivity contribution in [1.82, 2.24) is 5.32 Å². The smallest absolute Gasteiger partial charge is 0.220 e. The van der Waals surface area contributed by atoms with Crippen LogP contribution in [-0.4, -0.2) is 140 Å². The number of hydrogen-bond donors (Lipinski definition) is 9. The average molecular weight is 1320 g/mol. The van der Waals surface area contributed by atoms with Crippen molar-refractivity contribution in [2.75, 3.05) is 19.8 Å². The normalized spacial score (nSPS) is 23.3. The van der Waals surface area contributed by atoms with Gasteiger partial charge < -0.3 is 65.1 Å². The first-order valence-corrected chi connectivity index (χ1v) is 37.4. The van der Waals surface area contributed by atoms with Crippen LogP contribution in [0.5, 0.6) is 0 Å². The molecule has 538 valence electrons. The van der Waals surface area contributed by atoms with Crippen LogP contribution in [0.4, 0.5) is 0 Å². The second kappa shape index (κ2) is 62.6. The summed E-state index contributed by atoms with van der Waals surface area (Å²) in [5, 5.41) is 87.4. The van der Waals surface area contributed by atoms with Crippen LogP contribution in [0.2, 0.25) is 0 Å². The van der Waals surface area contributed by atoms with Crippen LogP contribution < -0.4 is 5.32 Å². The number of hydrogen-bond acceptors (Lipinski definition) is 13. The molecule has 2 heterocycles. The predicted octanol–water partition coefficient (Wildman–Crippen LogP) is 16.2. The molecule has 12 atom stereocenters. The summed E-state index contributed by atoms with van der Waals surface area (Å²) in [6.07, 6.45) is 76.6. The number of aliphatic hydroxyl groups is 8. The van der Waals surface area contributed by atoms with E-state index in [-0.39, 0.29) is 18.9 Å². The molecule has 0 aromatic heterocycles. The van der Waals surface area contributed by atoms with Crippen molar-refractivity contribution < 1.29 is 64.6 Å². The van der Waals surface area contributed by atoms with E-state index in [1.807, 2.05) is 6.08 Å². The summed E-state index contributed by atoms with van der Waals surface area (Å²) in [4.78, 5) is 13.3. The lowest BCUT2D eigenvalue weighted by molar-refractivity contribution is -0.359. The fourth-order valence-electron chi connectivity index (χ4n) is 11.4. The van der Waals surface area contributed by atoms with Crippen LogP contribution in [0, 0.1) is 0 Å². The number of aliphatic hydroxyl groups excluding tert-OH is 8. The van der Waals surface area contributed by atoms with E-state index in [4.69, 9.17) is 18.9 Å². The Kier molecular flexibility index (Phi) is 57.4. The molecule has 0 aromatic carbocycles. The highest BCUT2D eigenvalue weighted by molar-refractivity contribution is 5.76. The number of carbonyl (C=O) groups excluding carboxylic acids is 1. The van der Waals surface area contributed by atoms with Crippen molar-refractivity contribution in [3.8, 4) is 0 Å². The third-order valence-electron chi connectivity index (χ3n) is 17.3. The van der Waals surface area contributed by atoms with Gasteiger partial charge in [0.25, 0.3) is 0 Å². The van der Waals surface area contributed by atoms with Crippen molar-refractivity contribution in [3.63, 3.8) is 0 Å². The van der Waals surface area contributed by atoms with Crippen LogP contribution in [0.15, 0.2) is 134 Å². The zero-order valence-electron chi connectivity index (χ0n) is 58.7. The fraction of sp³-hybridized carbons (Fsp3) is 0.713. The standard InChI is InChI=1S/C80H135NO13/c1-3-5-7-9-11-13-15-17-19-21-23-24-25-26-27-28-29-30-31-32-33-34-35-36-37-38-39-40-41-42-43-44-46-48-50-52-54-56-58-60-62-64-72(85)81-68(69(84)63-61-59-57-55-53-51-49-47-45-22-20-18-16-14-12-10-8-6-4-2)67-91-79-77(90)75(88)78(71(66-83)93-79)94-80-76(89)74(87)73(86)70(65-82)92-80/h5,7,11,13,17,19,23-24,26-27,29-30,32-33,35-36,45,47,53,55,61,63,68-71,73-80,82-84,86-90H,3-4,6,8-10,12,14-16,18,20-22,25,28,31,34,37-44,46,48-52,54,56-60,62,64-67H2,1-2H3,(H,81,85)/b7-5-,13-11-,19-17-,24-23-,27-26-,30-29-,33-32-,36-35-,47-45+,55-53+,63-61+. The van der Waals surface area contributed by atoms with Crippen molar-refractivity contribution in [1.29, 1.82) is 0 Å². The van der Waals surface area contributed by atoms with Gasteiger partial charge in [0, 0.05) is 6.42 Å². The van der Waals surface area contributed by atoms with Crippen molar-refractivity contribution in [2.24, 2.45) is 0 Å². The maximum absolute atomic E-state index is 13.3. The largest absolute Gasteiger partial charge is 0.394 e. The monoisotopic (exact) mass is 1320 g/mol. The molecular weight excluding hydrogens is 1180 g/mol. The number of nitrogens with one attached hydrogen (secondary N) is 1. The van der Waals surface area contributed by atoms with Gasteiger partial charge in [0.1, 0.15) is 48.8 Å². The fourth-order valence-corrected chi connectivity index (χ4v) is 11.4. The Hall–Kier alpha value is -3.87.